The van der Waals surface area contributed by atoms with Crippen LogP contribution in [0.1, 0.15) is 33.2 Å². The molecule has 29 heavy (non-hydrogen) atoms. The average Bonchev–Trinajstić information content (AvgIpc) is 3.09. The third kappa shape index (κ3) is 3.69. The van der Waals surface area contributed by atoms with Gasteiger partial charge in [0.1, 0.15) is 0 Å². The molecular formula is C23H21N3O3. The Labute approximate surface area is 169 Å². The molecular weight excluding hydrogens is 366 g/mol. The summed E-state index contributed by atoms with van der Waals surface area (Å²) in [5, 5.41) is 2.82. The summed E-state index contributed by atoms with van der Waals surface area (Å²) in [6.07, 6.45) is 4.26. The van der Waals surface area contributed by atoms with Crippen molar-refractivity contribution < 1.29 is 14.3 Å². The number of carbonyl (C=O) groups excluding carboxylic acids is 2. The minimum Gasteiger partial charge on any atom is -0.465 e. The standard InChI is InChI=1S/C23H21N3O3/c1-15-10-16-6-3-4-9-21(16)26(15)20-12-18(13-24-14-20)22(27)25-19-8-5-7-17(11-19)23(28)29-2/h3-9,11-15H,10H2,1-2H3,(H,25,27). The number of fused-ring (bicyclic) bond motifs is 1. The second kappa shape index (κ2) is 7.75. The van der Waals surface area contributed by atoms with Crippen molar-refractivity contribution in [2.24, 2.45) is 0 Å². The van der Waals surface area contributed by atoms with E-state index in [1.165, 1.54) is 18.9 Å². The minimum absolute atomic E-state index is 0.282. The molecule has 1 aromatic heterocycles. The van der Waals surface area contributed by atoms with Crippen LogP contribution in [0.2, 0.25) is 0 Å². The van der Waals surface area contributed by atoms with Gasteiger partial charge in [-0.2, -0.15) is 0 Å². The zero-order valence-corrected chi connectivity index (χ0v) is 16.3. The number of pyridine rings is 1. The second-order valence-corrected chi connectivity index (χ2v) is 7.01. The molecule has 2 aromatic carbocycles. The molecule has 1 N–H and O–H groups in total. The van der Waals surface area contributed by atoms with Crippen LogP contribution in [0.4, 0.5) is 17.1 Å². The lowest BCUT2D eigenvalue weighted by atomic mass is 10.1. The highest BCUT2D eigenvalue weighted by Crippen LogP contribution is 2.37. The van der Waals surface area contributed by atoms with Crippen LogP contribution in [0, 0.1) is 0 Å². The van der Waals surface area contributed by atoms with Crippen molar-refractivity contribution >= 4 is 28.9 Å². The molecule has 0 aliphatic carbocycles. The summed E-state index contributed by atoms with van der Waals surface area (Å²) in [6.45, 7) is 2.16. The predicted octanol–water partition coefficient (Wildman–Crippen LogP) is 4.20. The molecule has 6 nitrogen and oxygen atoms in total. The zero-order valence-electron chi connectivity index (χ0n) is 16.3. The smallest absolute Gasteiger partial charge is 0.337 e. The first-order valence-electron chi connectivity index (χ1n) is 9.39. The lowest BCUT2D eigenvalue weighted by Gasteiger charge is -2.25. The van der Waals surface area contributed by atoms with Gasteiger partial charge in [0.2, 0.25) is 0 Å². The normalized spacial score (nSPS) is 15.0. The maximum Gasteiger partial charge on any atom is 0.337 e. The number of amides is 1. The molecule has 0 bridgehead atoms. The monoisotopic (exact) mass is 387 g/mol. The maximum absolute atomic E-state index is 12.8. The Balaban J connectivity index is 1.58. The van der Waals surface area contributed by atoms with Gasteiger partial charge in [-0.15, -0.1) is 0 Å². The van der Waals surface area contributed by atoms with Crippen LogP contribution in [0.3, 0.4) is 0 Å². The van der Waals surface area contributed by atoms with E-state index in [9.17, 15) is 9.59 Å². The summed E-state index contributed by atoms with van der Waals surface area (Å²) >= 11 is 0. The minimum atomic E-state index is -0.452. The van der Waals surface area contributed by atoms with Gasteiger partial charge in [0.15, 0.2) is 0 Å². The number of hydrogen-bond donors (Lipinski definition) is 1. The number of esters is 1. The van der Waals surface area contributed by atoms with Gasteiger partial charge >= 0.3 is 5.97 Å². The lowest BCUT2D eigenvalue weighted by molar-refractivity contribution is 0.0600. The summed E-state index contributed by atoms with van der Waals surface area (Å²) in [5.41, 5.74) is 4.64. The van der Waals surface area contributed by atoms with Gasteiger partial charge in [-0.1, -0.05) is 24.3 Å². The molecule has 6 heteroatoms. The van der Waals surface area contributed by atoms with E-state index in [1.54, 1.807) is 30.5 Å². The second-order valence-electron chi connectivity index (χ2n) is 7.01. The van der Waals surface area contributed by atoms with Crippen molar-refractivity contribution in [1.29, 1.82) is 0 Å². The molecule has 0 saturated heterocycles. The van der Waals surface area contributed by atoms with Gasteiger partial charge in [0, 0.05) is 23.6 Å². The summed E-state index contributed by atoms with van der Waals surface area (Å²) in [4.78, 5) is 31.0. The predicted molar refractivity (Wildman–Crippen MR) is 112 cm³/mol. The van der Waals surface area contributed by atoms with Gasteiger partial charge in [-0.3, -0.25) is 9.78 Å². The van der Waals surface area contributed by atoms with E-state index in [0.29, 0.717) is 16.8 Å². The van der Waals surface area contributed by atoms with Gasteiger partial charge in [0.05, 0.1) is 30.1 Å². The Morgan fingerprint density at radius 2 is 1.90 bits per heavy atom. The van der Waals surface area contributed by atoms with Crippen molar-refractivity contribution in [3.8, 4) is 0 Å². The van der Waals surface area contributed by atoms with E-state index < -0.39 is 5.97 Å². The van der Waals surface area contributed by atoms with Crippen molar-refractivity contribution in [3.05, 3.63) is 83.7 Å². The van der Waals surface area contributed by atoms with E-state index in [4.69, 9.17) is 4.74 Å². The number of para-hydroxylation sites is 1. The molecule has 1 aliphatic heterocycles. The fourth-order valence-electron chi connectivity index (χ4n) is 3.69. The number of ether oxygens (including phenoxy) is 1. The van der Waals surface area contributed by atoms with Crippen molar-refractivity contribution in [2.45, 2.75) is 19.4 Å². The maximum atomic E-state index is 12.8. The SMILES string of the molecule is COC(=O)c1cccc(NC(=O)c2cncc(N3c4ccccc4CC3C)c2)c1. The van der Waals surface area contributed by atoms with E-state index in [1.807, 2.05) is 18.2 Å². The number of carbonyl (C=O) groups is 2. The van der Waals surface area contributed by atoms with Crippen LogP contribution in [-0.2, 0) is 11.2 Å². The van der Waals surface area contributed by atoms with Crippen LogP contribution < -0.4 is 10.2 Å². The van der Waals surface area contributed by atoms with Crippen LogP contribution in [0.5, 0.6) is 0 Å². The number of hydrogen-bond acceptors (Lipinski definition) is 5. The number of rotatable bonds is 4. The zero-order chi connectivity index (χ0) is 20.4. The molecule has 4 rings (SSSR count). The topological polar surface area (TPSA) is 71.5 Å². The highest BCUT2D eigenvalue weighted by Gasteiger charge is 2.27. The molecule has 2 heterocycles. The molecule has 146 valence electrons. The number of methoxy groups -OCH3 is 1. The van der Waals surface area contributed by atoms with Crippen molar-refractivity contribution in [2.75, 3.05) is 17.3 Å². The third-order valence-electron chi connectivity index (χ3n) is 5.01. The number of nitrogens with zero attached hydrogens (tertiary/aromatic N) is 2. The first-order valence-corrected chi connectivity index (χ1v) is 9.39. The fraction of sp³-hybridized carbons (Fsp3) is 0.174. The van der Waals surface area contributed by atoms with E-state index in [-0.39, 0.29) is 11.9 Å². The number of benzene rings is 2. The summed E-state index contributed by atoms with van der Waals surface area (Å²) in [5.74, 6) is -0.743. The van der Waals surface area contributed by atoms with Crippen molar-refractivity contribution in [1.82, 2.24) is 4.98 Å². The van der Waals surface area contributed by atoms with Crippen LogP contribution in [0.15, 0.2) is 67.0 Å². The lowest BCUT2D eigenvalue weighted by Crippen LogP contribution is -2.24. The molecule has 1 atom stereocenters. The number of aromatic nitrogens is 1. The molecule has 1 amide bonds. The fourth-order valence-corrected chi connectivity index (χ4v) is 3.69. The van der Waals surface area contributed by atoms with Gasteiger partial charge < -0.3 is 15.0 Å². The summed E-state index contributed by atoms with van der Waals surface area (Å²) < 4.78 is 4.73. The molecule has 0 saturated carbocycles. The van der Waals surface area contributed by atoms with Gasteiger partial charge in [-0.05, 0) is 49.2 Å². The number of nitrogens with one attached hydrogen (secondary N) is 1. The Morgan fingerprint density at radius 3 is 2.72 bits per heavy atom. The Morgan fingerprint density at radius 1 is 1.07 bits per heavy atom. The molecule has 0 fully saturated rings. The van der Waals surface area contributed by atoms with E-state index >= 15 is 0 Å². The highest BCUT2D eigenvalue weighted by atomic mass is 16.5. The Bertz CT molecular complexity index is 1080. The van der Waals surface area contributed by atoms with Crippen LogP contribution in [0.25, 0.3) is 0 Å². The Kier molecular flexibility index (Phi) is 4.99. The summed E-state index contributed by atoms with van der Waals surface area (Å²) in [6, 6.07) is 17.0. The number of anilines is 3. The van der Waals surface area contributed by atoms with Gasteiger partial charge in [-0.25, -0.2) is 4.79 Å². The molecule has 0 spiro atoms. The molecule has 3 aromatic rings. The third-order valence-corrected chi connectivity index (χ3v) is 5.01. The first kappa shape index (κ1) is 18.7. The highest BCUT2D eigenvalue weighted by molar-refractivity contribution is 6.05. The van der Waals surface area contributed by atoms with Crippen LogP contribution in [-0.4, -0.2) is 30.0 Å². The van der Waals surface area contributed by atoms with E-state index in [2.05, 4.69) is 34.3 Å². The first-order chi connectivity index (χ1) is 14.1. The molecule has 0 radical (unpaired) electrons. The quantitative estimate of drug-likeness (QED) is 0.679. The largest absolute Gasteiger partial charge is 0.465 e. The van der Waals surface area contributed by atoms with Crippen molar-refractivity contribution in [3.63, 3.8) is 0 Å². The average molecular weight is 387 g/mol. The van der Waals surface area contributed by atoms with Crippen LogP contribution >= 0.6 is 0 Å². The Hall–Kier alpha value is -3.67. The molecule has 1 unspecified atom stereocenters. The summed E-state index contributed by atoms with van der Waals surface area (Å²) in [7, 11) is 1.32. The van der Waals surface area contributed by atoms with E-state index in [0.717, 1.165) is 17.8 Å². The van der Waals surface area contributed by atoms with Gasteiger partial charge in [0.25, 0.3) is 5.91 Å². The molecule has 1 aliphatic rings.